The van der Waals surface area contributed by atoms with Crippen LogP contribution >= 0.6 is 0 Å². The van der Waals surface area contributed by atoms with Crippen LogP contribution in [0, 0.1) is 11.7 Å². The molecule has 0 N–H and O–H groups in total. The van der Waals surface area contributed by atoms with Gasteiger partial charge in [0, 0.05) is 11.5 Å². The Hall–Kier alpha value is -1.19. The number of rotatable bonds is 3. The minimum absolute atomic E-state index is 0.00130. The van der Waals surface area contributed by atoms with E-state index in [-0.39, 0.29) is 5.75 Å². The van der Waals surface area contributed by atoms with Crippen molar-refractivity contribution in [3.8, 4) is 5.75 Å². The molecule has 4 heteroatoms. The van der Waals surface area contributed by atoms with Crippen LogP contribution in [0.4, 0.5) is 13.2 Å². The molecule has 77 valence electrons. The van der Waals surface area contributed by atoms with E-state index in [0.29, 0.717) is 5.56 Å². The van der Waals surface area contributed by atoms with E-state index in [9.17, 15) is 13.2 Å². The maximum Gasteiger partial charge on any atom is 0.387 e. The molecule has 0 unspecified atom stereocenters. The maximum atomic E-state index is 12.8. The summed E-state index contributed by atoms with van der Waals surface area (Å²) in [6.45, 7) is 0.513. The summed E-state index contributed by atoms with van der Waals surface area (Å²) < 4.78 is 40.9. The number of alkyl halides is 2. The van der Waals surface area contributed by atoms with Crippen LogP contribution < -0.4 is 4.74 Å². The number of halogens is 3. The van der Waals surface area contributed by atoms with E-state index in [1.807, 2.05) is 0 Å². The molecule has 1 aromatic rings. The van der Waals surface area contributed by atoms with Crippen molar-refractivity contribution in [1.82, 2.24) is 0 Å². The van der Waals surface area contributed by atoms with Gasteiger partial charge in [0.1, 0.15) is 11.6 Å². The molecule has 1 nitrogen and oxygen atoms in total. The predicted octanol–water partition coefficient (Wildman–Crippen LogP) is 3.39. The molecule has 0 atom stereocenters. The van der Waals surface area contributed by atoms with Gasteiger partial charge < -0.3 is 4.74 Å². The van der Waals surface area contributed by atoms with Crippen molar-refractivity contribution in [3.63, 3.8) is 0 Å². The second kappa shape index (κ2) is 4.35. The number of hydrogen-bond donors (Lipinski definition) is 0. The Bertz CT molecular complexity index is 310. The lowest BCUT2D eigenvalue weighted by Crippen LogP contribution is -2.05. The third-order valence-electron chi connectivity index (χ3n) is 1.70. The molecule has 0 aromatic heterocycles. The first kappa shape index (κ1) is 10.9. The zero-order valence-electron chi connectivity index (χ0n) is 7.85. The van der Waals surface area contributed by atoms with E-state index >= 15 is 0 Å². The molecule has 0 heterocycles. The highest BCUT2D eigenvalue weighted by molar-refractivity contribution is 5.42. The predicted molar refractivity (Wildman–Crippen MR) is 46.7 cm³/mol. The Kier molecular flexibility index (Phi) is 3.38. The molecule has 0 amide bonds. The van der Waals surface area contributed by atoms with Crippen LogP contribution in [0.3, 0.4) is 0 Å². The van der Waals surface area contributed by atoms with Gasteiger partial charge in [-0.3, -0.25) is 0 Å². The van der Waals surface area contributed by atoms with Crippen LogP contribution in [-0.4, -0.2) is 6.61 Å². The average molecular weight is 203 g/mol. The highest BCUT2D eigenvalue weighted by atomic mass is 19.3. The largest absolute Gasteiger partial charge is 0.435 e. The van der Waals surface area contributed by atoms with Crippen LogP contribution in [-0.2, 0) is 0 Å². The maximum absolute atomic E-state index is 12.8. The first-order valence-corrected chi connectivity index (χ1v) is 4.05. The van der Waals surface area contributed by atoms with E-state index in [2.05, 4.69) is 4.74 Å². The third kappa shape index (κ3) is 2.65. The summed E-state index contributed by atoms with van der Waals surface area (Å²) in [5, 5.41) is 0. The number of ether oxygens (including phenoxy) is 1. The SMILES string of the molecule is C[C](C)c1cc(F)ccc1OC(F)F. The lowest BCUT2D eigenvalue weighted by molar-refractivity contribution is -0.0503. The van der Waals surface area contributed by atoms with Crippen LogP contribution in [0.25, 0.3) is 0 Å². The fourth-order valence-electron chi connectivity index (χ4n) is 1.09. The van der Waals surface area contributed by atoms with Crippen molar-refractivity contribution in [3.05, 3.63) is 35.5 Å². The minimum Gasteiger partial charge on any atom is -0.435 e. The number of benzene rings is 1. The van der Waals surface area contributed by atoms with Gasteiger partial charge in [0.2, 0.25) is 0 Å². The lowest BCUT2D eigenvalue weighted by atomic mass is 10.0. The Balaban J connectivity index is 3.02. The zero-order chi connectivity index (χ0) is 10.7. The van der Waals surface area contributed by atoms with Gasteiger partial charge in [-0.15, -0.1) is 0 Å². The average Bonchev–Trinajstić information content (AvgIpc) is 2.07. The van der Waals surface area contributed by atoms with Crippen LogP contribution in [0.1, 0.15) is 19.4 Å². The van der Waals surface area contributed by atoms with Gasteiger partial charge in [-0.25, -0.2) is 4.39 Å². The first-order chi connectivity index (χ1) is 6.50. The monoisotopic (exact) mass is 203 g/mol. The molecule has 0 saturated carbocycles. The lowest BCUT2D eigenvalue weighted by Gasteiger charge is -2.12. The van der Waals surface area contributed by atoms with Crippen molar-refractivity contribution < 1.29 is 17.9 Å². The Morgan fingerprint density at radius 1 is 1.29 bits per heavy atom. The van der Waals surface area contributed by atoms with Crippen molar-refractivity contribution in [1.29, 1.82) is 0 Å². The summed E-state index contributed by atoms with van der Waals surface area (Å²) in [4.78, 5) is 0. The Labute approximate surface area is 80.5 Å². The van der Waals surface area contributed by atoms with Crippen LogP contribution in [0.5, 0.6) is 5.75 Å². The van der Waals surface area contributed by atoms with Gasteiger partial charge in [0.05, 0.1) is 0 Å². The summed E-state index contributed by atoms with van der Waals surface area (Å²) in [6.07, 6.45) is 0. The summed E-state index contributed by atoms with van der Waals surface area (Å²) in [7, 11) is 0. The van der Waals surface area contributed by atoms with E-state index in [4.69, 9.17) is 0 Å². The molecule has 0 aliphatic heterocycles. The number of hydrogen-bond acceptors (Lipinski definition) is 1. The van der Waals surface area contributed by atoms with Crippen molar-refractivity contribution in [2.75, 3.05) is 0 Å². The second-order valence-corrected chi connectivity index (χ2v) is 3.02. The standard InChI is InChI=1S/C10H10F3O/c1-6(2)8-5-7(11)3-4-9(8)14-10(12)13/h3-5,10H,1-2H3. The molecule has 0 spiro atoms. The molecule has 0 aliphatic carbocycles. The van der Waals surface area contributed by atoms with Crippen molar-refractivity contribution in [2.24, 2.45) is 0 Å². The van der Waals surface area contributed by atoms with Gasteiger partial charge in [-0.1, -0.05) is 13.8 Å². The van der Waals surface area contributed by atoms with Gasteiger partial charge in [0.15, 0.2) is 0 Å². The van der Waals surface area contributed by atoms with E-state index in [0.717, 1.165) is 12.0 Å². The minimum atomic E-state index is -2.89. The van der Waals surface area contributed by atoms with E-state index in [1.54, 1.807) is 13.8 Å². The smallest absolute Gasteiger partial charge is 0.387 e. The molecular formula is C10H10F3O. The Morgan fingerprint density at radius 2 is 1.93 bits per heavy atom. The quantitative estimate of drug-likeness (QED) is 0.731. The molecule has 1 rings (SSSR count). The second-order valence-electron chi connectivity index (χ2n) is 3.02. The van der Waals surface area contributed by atoms with Crippen LogP contribution in [0.15, 0.2) is 18.2 Å². The molecule has 1 aromatic carbocycles. The summed E-state index contributed by atoms with van der Waals surface area (Å²) >= 11 is 0. The molecular weight excluding hydrogens is 193 g/mol. The molecule has 0 bridgehead atoms. The van der Waals surface area contributed by atoms with Gasteiger partial charge in [-0.05, 0) is 18.2 Å². The van der Waals surface area contributed by atoms with E-state index < -0.39 is 12.4 Å². The van der Waals surface area contributed by atoms with Crippen molar-refractivity contribution >= 4 is 0 Å². The van der Waals surface area contributed by atoms with Gasteiger partial charge in [-0.2, -0.15) is 8.78 Å². The molecule has 1 radical (unpaired) electrons. The highest BCUT2D eigenvalue weighted by Gasteiger charge is 2.13. The van der Waals surface area contributed by atoms with Gasteiger partial charge in [0.25, 0.3) is 0 Å². The Morgan fingerprint density at radius 3 is 2.43 bits per heavy atom. The summed E-state index contributed by atoms with van der Waals surface area (Å²) in [5.74, 6) is 0.254. The molecule has 14 heavy (non-hydrogen) atoms. The van der Waals surface area contributed by atoms with E-state index in [1.165, 1.54) is 12.1 Å². The molecule has 0 fully saturated rings. The summed E-state index contributed by atoms with van der Waals surface area (Å²) in [6, 6.07) is 3.46. The normalized spacial score (nSPS) is 11.1. The first-order valence-electron chi connectivity index (χ1n) is 4.05. The topological polar surface area (TPSA) is 9.23 Å². The van der Waals surface area contributed by atoms with Gasteiger partial charge >= 0.3 is 6.61 Å². The third-order valence-corrected chi connectivity index (χ3v) is 1.70. The fraction of sp³-hybridized carbons (Fsp3) is 0.300. The van der Waals surface area contributed by atoms with Crippen molar-refractivity contribution in [2.45, 2.75) is 20.5 Å². The highest BCUT2D eigenvalue weighted by Crippen LogP contribution is 2.27. The fourth-order valence-corrected chi connectivity index (χ4v) is 1.09. The van der Waals surface area contributed by atoms with Crippen LogP contribution in [0.2, 0.25) is 0 Å². The zero-order valence-corrected chi connectivity index (χ0v) is 7.85. The molecule has 0 saturated heterocycles. The molecule has 0 aliphatic rings. The summed E-state index contributed by atoms with van der Waals surface area (Å²) in [5.41, 5.74) is 0.366.